The number of hydrogen-bond donors (Lipinski definition) is 0. The highest BCUT2D eigenvalue weighted by Crippen LogP contribution is 2.32. The quantitative estimate of drug-likeness (QED) is 0.584. The molecule has 3 aromatic rings. The Labute approximate surface area is 174 Å². The van der Waals surface area contributed by atoms with E-state index in [9.17, 15) is 9.18 Å². The van der Waals surface area contributed by atoms with E-state index >= 15 is 0 Å². The maximum Gasteiger partial charge on any atom is 0.233 e. The molecule has 2 aromatic carbocycles. The average molecular weight is 413 g/mol. The Morgan fingerprint density at radius 3 is 2.69 bits per heavy atom. The van der Waals surface area contributed by atoms with E-state index in [1.54, 1.807) is 11.0 Å². The molecule has 1 aromatic heterocycles. The molecule has 4 rings (SSSR count). The number of anilines is 1. The van der Waals surface area contributed by atoms with E-state index in [0.29, 0.717) is 23.6 Å². The second kappa shape index (κ2) is 8.20. The fourth-order valence-corrected chi connectivity index (χ4v) is 5.04. The van der Waals surface area contributed by atoms with Crippen molar-refractivity contribution in [3.63, 3.8) is 0 Å². The lowest BCUT2D eigenvalue weighted by atomic mass is 9.97. The molecule has 29 heavy (non-hydrogen) atoms. The Kier molecular flexibility index (Phi) is 5.65. The summed E-state index contributed by atoms with van der Waals surface area (Å²) in [5.74, 6) is -0.394. The first-order chi connectivity index (χ1) is 13.9. The first-order valence-electron chi connectivity index (χ1n) is 9.96. The van der Waals surface area contributed by atoms with Crippen LogP contribution < -0.4 is 4.90 Å². The molecule has 1 aliphatic rings. The van der Waals surface area contributed by atoms with Crippen LogP contribution in [0.2, 0.25) is 0 Å². The van der Waals surface area contributed by atoms with Gasteiger partial charge in [0.05, 0.1) is 23.8 Å². The molecular weight excluding hydrogens is 387 g/mol. The van der Waals surface area contributed by atoms with Gasteiger partial charge in [-0.25, -0.2) is 9.37 Å². The average Bonchev–Trinajstić information content (AvgIpc) is 3.32. The third-order valence-corrected chi connectivity index (χ3v) is 6.51. The molecule has 0 saturated carbocycles. The van der Waals surface area contributed by atoms with Crippen molar-refractivity contribution in [1.29, 1.82) is 0 Å². The molecule has 1 aliphatic heterocycles. The van der Waals surface area contributed by atoms with Gasteiger partial charge in [0.1, 0.15) is 11.3 Å². The van der Waals surface area contributed by atoms with Crippen molar-refractivity contribution in [2.24, 2.45) is 0 Å². The third kappa shape index (κ3) is 4.19. The van der Waals surface area contributed by atoms with E-state index in [1.807, 2.05) is 19.9 Å². The zero-order valence-electron chi connectivity index (χ0n) is 17.0. The summed E-state index contributed by atoms with van der Waals surface area (Å²) in [5.41, 5.74) is 4.78. The van der Waals surface area contributed by atoms with E-state index < -0.39 is 0 Å². The van der Waals surface area contributed by atoms with Gasteiger partial charge < -0.3 is 4.74 Å². The van der Waals surface area contributed by atoms with E-state index in [0.717, 1.165) is 40.8 Å². The zero-order valence-corrected chi connectivity index (χ0v) is 17.8. The zero-order chi connectivity index (χ0) is 20.5. The number of aryl methyl sites for hydroxylation is 3. The van der Waals surface area contributed by atoms with Gasteiger partial charge in [0, 0.05) is 6.61 Å². The summed E-state index contributed by atoms with van der Waals surface area (Å²) >= 11 is 1.35. The molecule has 2 heterocycles. The van der Waals surface area contributed by atoms with Crippen LogP contribution >= 0.6 is 11.3 Å². The Bertz CT molecular complexity index is 1030. The highest BCUT2D eigenvalue weighted by Gasteiger charge is 2.27. The summed E-state index contributed by atoms with van der Waals surface area (Å²) in [4.78, 5) is 19.6. The number of aromatic nitrogens is 1. The standard InChI is InChI=1S/C23H25FN2O2S/c1-14-10-15(2)18(16(3)11-14)12-21(27)26(13-17-6-5-9-28-17)23-25-22-19(24)7-4-8-20(22)29-23/h4,7-8,10-11,17H,5-6,9,12-13H2,1-3H3. The smallest absolute Gasteiger partial charge is 0.233 e. The molecule has 1 saturated heterocycles. The Balaban J connectivity index is 1.68. The summed E-state index contributed by atoms with van der Waals surface area (Å²) < 4.78 is 20.7. The van der Waals surface area contributed by atoms with Gasteiger partial charge in [-0.3, -0.25) is 9.69 Å². The van der Waals surface area contributed by atoms with Gasteiger partial charge >= 0.3 is 0 Å². The molecule has 0 aliphatic carbocycles. The lowest BCUT2D eigenvalue weighted by molar-refractivity contribution is -0.118. The van der Waals surface area contributed by atoms with Crippen LogP contribution in [0.5, 0.6) is 0 Å². The lowest BCUT2D eigenvalue weighted by Gasteiger charge is -2.24. The monoisotopic (exact) mass is 412 g/mol. The number of halogens is 1. The Morgan fingerprint density at radius 2 is 2.03 bits per heavy atom. The first-order valence-corrected chi connectivity index (χ1v) is 10.8. The number of thiazole rings is 1. The SMILES string of the molecule is Cc1cc(C)c(CC(=O)N(CC2CCCO2)c2nc3c(F)cccc3s2)c(C)c1. The molecule has 0 radical (unpaired) electrons. The number of nitrogens with zero attached hydrogens (tertiary/aromatic N) is 2. The van der Waals surface area contributed by atoms with Gasteiger partial charge in [-0.05, 0) is 62.4 Å². The molecule has 1 atom stereocenters. The highest BCUT2D eigenvalue weighted by atomic mass is 32.1. The van der Waals surface area contributed by atoms with Crippen molar-refractivity contribution in [3.05, 3.63) is 58.4 Å². The predicted octanol–water partition coefficient (Wildman–Crippen LogP) is 5.12. The topological polar surface area (TPSA) is 42.4 Å². The number of benzene rings is 2. The van der Waals surface area contributed by atoms with Crippen molar-refractivity contribution >= 4 is 32.6 Å². The summed E-state index contributed by atoms with van der Waals surface area (Å²) in [6, 6.07) is 9.12. The van der Waals surface area contributed by atoms with E-state index in [2.05, 4.69) is 24.0 Å². The van der Waals surface area contributed by atoms with E-state index in [1.165, 1.54) is 23.0 Å². The van der Waals surface area contributed by atoms with Crippen LogP contribution in [0.15, 0.2) is 30.3 Å². The third-order valence-electron chi connectivity index (χ3n) is 5.47. The van der Waals surface area contributed by atoms with Crippen molar-refractivity contribution in [2.75, 3.05) is 18.1 Å². The van der Waals surface area contributed by atoms with Crippen LogP contribution in [0.4, 0.5) is 9.52 Å². The number of hydrogen-bond acceptors (Lipinski definition) is 4. The van der Waals surface area contributed by atoms with Gasteiger partial charge in [0.25, 0.3) is 0 Å². The van der Waals surface area contributed by atoms with Crippen LogP contribution in [0.1, 0.15) is 35.1 Å². The van der Waals surface area contributed by atoms with Gasteiger partial charge in [-0.15, -0.1) is 0 Å². The summed E-state index contributed by atoms with van der Waals surface area (Å²) in [6.45, 7) is 7.31. The molecule has 6 heteroatoms. The molecule has 1 amide bonds. The molecule has 0 N–H and O–H groups in total. The summed E-state index contributed by atoms with van der Waals surface area (Å²) in [5, 5.41) is 0.535. The number of amides is 1. The van der Waals surface area contributed by atoms with Crippen LogP contribution in [0.3, 0.4) is 0 Å². The minimum absolute atomic E-state index is 0.00368. The van der Waals surface area contributed by atoms with Crippen molar-refractivity contribution in [2.45, 2.75) is 46.1 Å². The fourth-order valence-electron chi connectivity index (χ4n) is 4.03. The molecule has 1 fully saturated rings. The fraction of sp³-hybridized carbons (Fsp3) is 0.391. The minimum atomic E-state index is -0.361. The van der Waals surface area contributed by atoms with E-state index in [-0.39, 0.29) is 17.8 Å². The molecule has 4 nitrogen and oxygen atoms in total. The predicted molar refractivity (Wildman–Crippen MR) is 115 cm³/mol. The summed E-state index contributed by atoms with van der Waals surface area (Å²) in [6.07, 6.45) is 2.21. The van der Waals surface area contributed by atoms with Crippen LogP contribution in [-0.2, 0) is 16.0 Å². The maximum absolute atomic E-state index is 14.2. The van der Waals surface area contributed by atoms with Gasteiger partial charge in [-0.2, -0.15) is 0 Å². The van der Waals surface area contributed by atoms with Gasteiger partial charge in [0.2, 0.25) is 5.91 Å². The summed E-state index contributed by atoms with van der Waals surface area (Å²) in [7, 11) is 0. The number of rotatable bonds is 5. The van der Waals surface area contributed by atoms with Crippen molar-refractivity contribution in [1.82, 2.24) is 4.98 Å². The molecular formula is C23H25FN2O2S. The largest absolute Gasteiger partial charge is 0.376 e. The molecule has 0 spiro atoms. The second-order valence-electron chi connectivity index (χ2n) is 7.78. The number of fused-ring (bicyclic) bond motifs is 1. The Morgan fingerprint density at radius 1 is 1.28 bits per heavy atom. The second-order valence-corrected chi connectivity index (χ2v) is 8.79. The number of carbonyl (C=O) groups is 1. The first kappa shape index (κ1) is 20.0. The molecule has 0 bridgehead atoms. The number of para-hydroxylation sites is 1. The van der Waals surface area contributed by atoms with Crippen LogP contribution in [-0.4, -0.2) is 30.1 Å². The number of carbonyl (C=O) groups excluding carboxylic acids is 1. The molecule has 1 unspecified atom stereocenters. The van der Waals surface area contributed by atoms with Crippen LogP contribution in [0, 0.1) is 26.6 Å². The number of ether oxygens (including phenoxy) is 1. The highest BCUT2D eigenvalue weighted by molar-refractivity contribution is 7.22. The maximum atomic E-state index is 14.2. The van der Waals surface area contributed by atoms with Crippen molar-refractivity contribution in [3.8, 4) is 0 Å². The minimum Gasteiger partial charge on any atom is -0.376 e. The molecule has 152 valence electrons. The van der Waals surface area contributed by atoms with Gasteiger partial charge in [-0.1, -0.05) is 35.1 Å². The van der Waals surface area contributed by atoms with Crippen LogP contribution in [0.25, 0.3) is 10.2 Å². The normalized spacial score (nSPS) is 16.5. The lowest BCUT2D eigenvalue weighted by Crippen LogP contribution is -2.38. The Hall–Kier alpha value is -2.31. The van der Waals surface area contributed by atoms with Gasteiger partial charge in [0.15, 0.2) is 5.13 Å². The van der Waals surface area contributed by atoms with E-state index in [4.69, 9.17) is 4.74 Å². The van der Waals surface area contributed by atoms with Crippen molar-refractivity contribution < 1.29 is 13.9 Å².